The van der Waals surface area contributed by atoms with E-state index < -0.39 is 5.82 Å². The molecule has 2 aliphatic rings. The van der Waals surface area contributed by atoms with E-state index in [9.17, 15) is 9.18 Å². The van der Waals surface area contributed by atoms with E-state index in [0.717, 1.165) is 24.0 Å². The van der Waals surface area contributed by atoms with Crippen LogP contribution in [0.15, 0.2) is 35.5 Å². The Morgan fingerprint density at radius 3 is 2.75 bits per heavy atom. The molecule has 28 heavy (non-hydrogen) atoms. The third kappa shape index (κ3) is 3.49. The molecule has 4 rings (SSSR count). The molecule has 6 nitrogen and oxygen atoms in total. The number of carbonyl (C=O) groups excluding carboxylic acids is 1. The van der Waals surface area contributed by atoms with Crippen LogP contribution in [0.5, 0.6) is 5.88 Å². The lowest BCUT2D eigenvalue weighted by atomic mass is 9.99. The van der Waals surface area contributed by atoms with E-state index in [1.54, 1.807) is 26.4 Å². The minimum atomic E-state index is -0.567. The van der Waals surface area contributed by atoms with E-state index in [4.69, 9.17) is 9.47 Å². The number of hydrogen-bond acceptors (Lipinski definition) is 5. The second kappa shape index (κ2) is 7.67. The number of amides is 1. The van der Waals surface area contributed by atoms with E-state index in [0.29, 0.717) is 36.9 Å². The summed E-state index contributed by atoms with van der Waals surface area (Å²) in [6.07, 6.45) is 3.39. The number of pyridine rings is 1. The first-order chi connectivity index (χ1) is 13.5. The molecule has 1 aromatic carbocycles. The summed E-state index contributed by atoms with van der Waals surface area (Å²) in [5, 5.41) is 0. The molecule has 0 radical (unpaired) electrons. The minimum Gasteiger partial charge on any atom is -0.474 e. The molecule has 1 aromatic heterocycles. The van der Waals surface area contributed by atoms with Gasteiger partial charge in [0.25, 0.3) is 5.91 Å². The molecule has 1 amide bonds. The average Bonchev–Trinajstić information content (AvgIpc) is 3.13. The van der Waals surface area contributed by atoms with Crippen LogP contribution in [0.4, 0.5) is 4.39 Å². The zero-order valence-corrected chi connectivity index (χ0v) is 15.9. The van der Waals surface area contributed by atoms with Gasteiger partial charge in [-0.05, 0) is 23.8 Å². The summed E-state index contributed by atoms with van der Waals surface area (Å²) in [5.41, 5.74) is 3.10. The first kappa shape index (κ1) is 18.6. The average molecular weight is 383 g/mol. The quantitative estimate of drug-likeness (QED) is 0.815. The standard InChI is InChI=1S/C21H22FN3O3/c1-25(2)21(26)16-4-3-13(11-17(16)22)19-18-14(12-24-19)5-8-23-20(18)28-15-6-9-27-10-7-15/h3-5,8,11,15H,6-7,9-10,12H2,1-2H3. The van der Waals surface area contributed by atoms with Crippen LogP contribution in [0, 0.1) is 5.82 Å². The molecule has 0 spiro atoms. The molecule has 0 N–H and O–H groups in total. The second-order valence-electron chi connectivity index (χ2n) is 7.14. The van der Waals surface area contributed by atoms with Gasteiger partial charge in [0.05, 0.1) is 36.6 Å². The van der Waals surface area contributed by atoms with Crippen LogP contribution in [-0.4, -0.2) is 54.9 Å². The zero-order chi connectivity index (χ0) is 19.7. The molecule has 3 heterocycles. The lowest BCUT2D eigenvalue weighted by Crippen LogP contribution is -2.27. The van der Waals surface area contributed by atoms with Crippen molar-refractivity contribution in [3.8, 4) is 5.88 Å². The molecule has 2 aromatic rings. The highest BCUT2D eigenvalue weighted by Gasteiger charge is 2.26. The van der Waals surface area contributed by atoms with Crippen LogP contribution < -0.4 is 4.74 Å². The van der Waals surface area contributed by atoms with Gasteiger partial charge in [0.15, 0.2) is 0 Å². The molecule has 0 unspecified atom stereocenters. The Morgan fingerprint density at radius 1 is 1.25 bits per heavy atom. The van der Waals surface area contributed by atoms with Gasteiger partial charge in [0.2, 0.25) is 5.88 Å². The van der Waals surface area contributed by atoms with Gasteiger partial charge in [-0.25, -0.2) is 9.37 Å². The zero-order valence-electron chi connectivity index (χ0n) is 15.9. The third-order valence-corrected chi connectivity index (χ3v) is 4.97. The maximum Gasteiger partial charge on any atom is 0.256 e. The van der Waals surface area contributed by atoms with E-state index in [1.807, 2.05) is 6.07 Å². The number of rotatable bonds is 4. The van der Waals surface area contributed by atoms with Crippen LogP contribution >= 0.6 is 0 Å². The first-order valence-corrected chi connectivity index (χ1v) is 9.33. The Balaban J connectivity index is 1.66. The van der Waals surface area contributed by atoms with Gasteiger partial charge in [-0.1, -0.05) is 6.07 Å². The number of aliphatic imine (C=N–C) groups is 1. The Bertz CT molecular complexity index is 936. The Kier molecular flexibility index (Phi) is 5.09. The number of hydrogen-bond donors (Lipinski definition) is 0. The molecule has 1 fully saturated rings. The lowest BCUT2D eigenvalue weighted by Gasteiger charge is -2.24. The fourth-order valence-corrected chi connectivity index (χ4v) is 3.46. The summed E-state index contributed by atoms with van der Waals surface area (Å²) in [5.74, 6) is -0.416. The molecule has 0 atom stereocenters. The number of ether oxygens (including phenoxy) is 2. The van der Waals surface area contributed by atoms with Crippen LogP contribution in [0.2, 0.25) is 0 Å². The molecule has 0 saturated carbocycles. The summed E-state index contributed by atoms with van der Waals surface area (Å²) >= 11 is 0. The predicted molar refractivity (Wildman–Crippen MR) is 102 cm³/mol. The van der Waals surface area contributed by atoms with Gasteiger partial charge in [0.1, 0.15) is 11.9 Å². The second-order valence-corrected chi connectivity index (χ2v) is 7.14. The SMILES string of the molecule is CN(C)C(=O)c1ccc(C2=NCc3ccnc(OC4CCOCC4)c32)cc1F. The molecular formula is C21H22FN3O3. The summed E-state index contributed by atoms with van der Waals surface area (Å²) in [4.78, 5) is 22.4. The molecule has 2 aliphatic heterocycles. The summed E-state index contributed by atoms with van der Waals surface area (Å²) < 4.78 is 26.1. The normalized spacial score (nSPS) is 16.5. The number of benzene rings is 1. The van der Waals surface area contributed by atoms with Gasteiger partial charge in [-0.3, -0.25) is 9.79 Å². The van der Waals surface area contributed by atoms with Crippen LogP contribution in [0.3, 0.4) is 0 Å². The Labute approximate surface area is 163 Å². The van der Waals surface area contributed by atoms with E-state index in [2.05, 4.69) is 9.98 Å². The maximum atomic E-state index is 14.6. The van der Waals surface area contributed by atoms with Gasteiger partial charge >= 0.3 is 0 Å². The number of aromatic nitrogens is 1. The van der Waals surface area contributed by atoms with Crippen molar-refractivity contribution >= 4 is 11.6 Å². The highest BCUT2D eigenvalue weighted by molar-refractivity contribution is 6.16. The van der Waals surface area contributed by atoms with Gasteiger partial charge in [-0.15, -0.1) is 0 Å². The molecule has 0 bridgehead atoms. The maximum absolute atomic E-state index is 14.6. The smallest absolute Gasteiger partial charge is 0.256 e. The lowest BCUT2D eigenvalue weighted by molar-refractivity contribution is 0.0236. The molecule has 0 aliphatic carbocycles. The Hall–Kier alpha value is -2.80. The molecule has 146 valence electrons. The van der Waals surface area contributed by atoms with Gasteiger partial charge in [-0.2, -0.15) is 0 Å². The summed E-state index contributed by atoms with van der Waals surface area (Å²) in [7, 11) is 3.19. The fraction of sp³-hybridized carbons (Fsp3) is 0.381. The van der Waals surface area contributed by atoms with Crippen LogP contribution in [-0.2, 0) is 11.3 Å². The first-order valence-electron chi connectivity index (χ1n) is 9.33. The highest BCUT2D eigenvalue weighted by Crippen LogP contribution is 2.31. The summed E-state index contributed by atoms with van der Waals surface area (Å²) in [6, 6.07) is 6.49. The monoisotopic (exact) mass is 383 g/mol. The van der Waals surface area contributed by atoms with Crippen molar-refractivity contribution in [2.24, 2.45) is 4.99 Å². The number of carbonyl (C=O) groups is 1. The molecule has 1 saturated heterocycles. The topological polar surface area (TPSA) is 64.0 Å². The van der Waals surface area contributed by atoms with Crippen LogP contribution in [0.1, 0.15) is 39.9 Å². The fourth-order valence-electron chi connectivity index (χ4n) is 3.46. The van der Waals surface area contributed by atoms with Crippen molar-refractivity contribution in [1.29, 1.82) is 0 Å². The van der Waals surface area contributed by atoms with Crippen molar-refractivity contribution in [2.45, 2.75) is 25.5 Å². The van der Waals surface area contributed by atoms with Crippen molar-refractivity contribution in [2.75, 3.05) is 27.3 Å². The minimum absolute atomic E-state index is 0.0393. The van der Waals surface area contributed by atoms with E-state index in [-0.39, 0.29) is 17.6 Å². The largest absolute Gasteiger partial charge is 0.474 e. The number of fused-ring (bicyclic) bond motifs is 1. The Morgan fingerprint density at radius 2 is 2.04 bits per heavy atom. The van der Waals surface area contributed by atoms with Crippen molar-refractivity contribution < 1.29 is 18.7 Å². The van der Waals surface area contributed by atoms with Crippen molar-refractivity contribution in [3.63, 3.8) is 0 Å². The van der Waals surface area contributed by atoms with Crippen molar-refractivity contribution in [1.82, 2.24) is 9.88 Å². The molecule has 7 heteroatoms. The molecular weight excluding hydrogens is 361 g/mol. The predicted octanol–water partition coefficient (Wildman–Crippen LogP) is 2.83. The van der Waals surface area contributed by atoms with Crippen molar-refractivity contribution in [3.05, 3.63) is 58.5 Å². The number of nitrogens with zero attached hydrogens (tertiary/aromatic N) is 3. The van der Waals surface area contributed by atoms with Gasteiger partial charge < -0.3 is 14.4 Å². The van der Waals surface area contributed by atoms with Gasteiger partial charge in [0, 0.05) is 38.7 Å². The number of halogens is 1. The summed E-state index contributed by atoms with van der Waals surface area (Å²) in [6.45, 7) is 1.84. The highest BCUT2D eigenvalue weighted by atomic mass is 19.1. The third-order valence-electron chi connectivity index (χ3n) is 4.97. The van der Waals surface area contributed by atoms with E-state index >= 15 is 0 Å². The van der Waals surface area contributed by atoms with Crippen LogP contribution in [0.25, 0.3) is 0 Å². The van der Waals surface area contributed by atoms with E-state index in [1.165, 1.54) is 17.0 Å².